The highest BCUT2D eigenvalue weighted by molar-refractivity contribution is 7.99. The van der Waals surface area contributed by atoms with E-state index in [0.29, 0.717) is 0 Å². The quantitative estimate of drug-likeness (QED) is 0.854. The summed E-state index contributed by atoms with van der Waals surface area (Å²) < 4.78 is 2.31. The van der Waals surface area contributed by atoms with Crippen LogP contribution < -0.4 is 5.73 Å². The van der Waals surface area contributed by atoms with Gasteiger partial charge in [0, 0.05) is 23.9 Å². The highest BCUT2D eigenvalue weighted by atomic mass is 32.2. The monoisotopic (exact) mass is 322 g/mol. The Morgan fingerprint density at radius 2 is 2.29 bits per heavy atom. The van der Waals surface area contributed by atoms with Crippen LogP contribution in [0.1, 0.15) is 48.6 Å². The molecule has 0 aromatic carbocycles. The minimum Gasteiger partial charge on any atom is -0.326 e. The van der Waals surface area contributed by atoms with Crippen LogP contribution >= 0.6 is 23.1 Å². The zero-order valence-corrected chi connectivity index (χ0v) is 14.0. The average Bonchev–Trinajstić information content (AvgIpc) is 3.09. The molecule has 0 aliphatic carbocycles. The molecule has 2 aromatic heterocycles. The van der Waals surface area contributed by atoms with Gasteiger partial charge >= 0.3 is 0 Å². The summed E-state index contributed by atoms with van der Waals surface area (Å²) in [6.07, 6.45) is 5.76. The Labute approximate surface area is 134 Å². The van der Waals surface area contributed by atoms with Crippen LogP contribution in [0.25, 0.3) is 0 Å². The first-order valence-corrected chi connectivity index (χ1v) is 9.43. The lowest BCUT2D eigenvalue weighted by molar-refractivity contribution is 0.585. The maximum atomic E-state index is 6.36. The molecule has 21 heavy (non-hydrogen) atoms. The van der Waals surface area contributed by atoms with Crippen LogP contribution in [-0.2, 0) is 13.0 Å². The summed E-state index contributed by atoms with van der Waals surface area (Å²) in [5.74, 6) is 1.14. The Kier molecular flexibility index (Phi) is 4.98. The number of aromatic nitrogens is 3. The third-order valence-corrected chi connectivity index (χ3v) is 6.47. The van der Waals surface area contributed by atoms with Crippen molar-refractivity contribution in [3.8, 4) is 0 Å². The van der Waals surface area contributed by atoms with Crippen LogP contribution in [0.15, 0.2) is 22.7 Å². The molecule has 3 heterocycles. The molecule has 0 spiro atoms. The molecule has 2 atom stereocenters. The number of aryl methyl sites for hydroxylation is 1. The van der Waals surface area contributed by atoms with Crippen LogP contribution in [0.4, 0.5) is 0 Å². The fourth-order valence-corrected chi connectivity index (χ4v) is 4.98. The molecule has 0 radical (unpaired) electrons. The number of rotatable bonds is 5. The van der Waals surface area contributed by atoms with Gasteiger partial charge in [-0.2, -0.15) is 0 Å². The van der Waals surface area contributed by atoms with Gasteiger partial charge in [0.25, 0.3) is 0 Å². The van der Waals surface area contributed by atoms with Gasteiger partial charge in [0.15, 0.2) is 5.16 Å². The molecular weight excluding hydrogens is 300 g/mol. The molecule has 0 bridgehead atoms. The maximum Gasteiger partial charge on any atom is 0.191 e. The van der Waals surface area contributed by atoms with Crippen LogP contribution in [0, 0.1) is 0 Å². The number of fused-ring (bicyclic) bond motifs is 1. The number of hydrogen-bond acceptors (Lipinski definition) is 5. The number of nitrogens with zero attached hydrogens (tertiary/aromatic N) is 3. The number of thiophene rings is 1. The Hall–Kier alpha value is -0.850. The predicted molar refractivity (Wildman–Crippen MR) is 88.8 cm³/mol. The highest BCUT2D eigenvalue weighted by Crippen LogP contribution is 2.39. The van der Waals surface area contributed by atoms with Gasteiger partial charge in [0.1, 0.15) is 5.82 Å². The van der Waals surface area contributed by atoms with Gasteiger partial charge in [-0.3, -0.25) is 0 Å². The van der Waals surface area contributed by atoms with E-state index in [-0.39, 0.29) is 11.3 Å². The number of thioether (sulfide) groups is 1. The van der Waals surface area contributed by atoms with E-state index in [2.05, 4.69) is 39.2 Å². The Morgan fingerprint density at radius 1 is 1.38 bits per heavy atom. The largest absolute Gasteiger partial charge is 0.326 e. The minimum absolute atomic E-state index is 0.146. The first kappa shape index (κ1) is 15.1. The normalized spacial score (nSPS) is 18.0. The summed E-state index contributed by atoms with van der Waals surface area (Å²) in [5, 5.41) is 12.2. The summed E-state index contributed by atoms with van der Waals surface area (Å²) in [6.45, 7) is 3.19. The molecule has 4 nitrogen and oxygen atoms in total. The second-order valence-electron chi connectivity index (χ2n) is 5.49. The Balaban J connectivity index is 1.85. The molecule has 0 amide bonds. The summed E-state index contributed by atoms with van der Waals surface area (Å²) in [5.41, 5.74) is 6.36. The lowest BCUT2D eigenvalue weighted by Gasteiger charge is -2.21. The average molecular weight is 323 g/mol. The SMILES string of the molecule is CCC(N)C(Sc1nnc2n1CCCCC2)c1cccs1. The maximum absolute atomic E-state index is 6.36. The summed E-state index contributed by atoms with van der Waals surface area (Å²) >= 11 is 3.56. The standard InChI is InChI=1S/C15H22N4S2/c1-2-11(16)14(12-7-6-10-20-12)21-15-18-17-13-8-4-3-5-9-19(13)15/h6-7,10-11,14H,2-5,8-9,16H2,1H3. The second kappa shape index (κ2) is 6.94. The van der Waals surface area contributed by atoms with Crippen molar-refractivity contribution in [3.63, 3.8) is 0 Å². The van der Waals surface area contributed by atoms with E-state index in [1.807, 2.05) is 0 Å². The Bertz CT molecular complexity index is 564. The lowest BCUT2D eigenvalue weighted by Crippen LogP contribution is -2.25. The minimum atomic E-state index is 0.146. The van der Waals surface area contributed by atoms with Gasteiger partial charge in [-0.05, 0) is 30.7 Å². The molecule has 0 saturated carbocycles. The molecule has 3 rings (SSSR count). The van der Waals surface area contributed by atoms with Crippen molar-refractivity contribution in [1.29, 1.82) is 0 Å². The van der Waals surface area contributed by atoms with Crippen molar-refractivity contribution in [2.75, 3.05) is 0 Å². The van der Waals surface area contributed by atoms with E-state index in [4.69, 9.17) is 5.73 Å². The van der Waals surface area contributed by atoms with E-state index in [1.54, 1.807) is 23.1 Å². The fourth-order valence-electron chi connectivity index (χ4n) is 2.68. The van der Waals surface area contributed by atoms with Crippen LogP contribution in [0.3, 0.4) is 0 Å². The Morgan fingerprint density at radius 3 is 3.05 bits per heavy atom. The molecule has 2 unspecified atom stereocenters. The second-order valence-corrected chi connectivity index (χ2v) is 7.58. The molecular formula is C15H22N4S2. The molecule has 1 aliphatic heterocycles. The van der Waals surface area contributed by atoms with Crippen LogP contribution in [0.5, 0.6) is 0 Å². The van der Waals surface area contributed by atoms with Crippen molar-refractivity contribution < 1.29 is 0 Å². The fraction of sp³-hybridized carbons (Fsp3) is 0.600. The number of hydrogen-bond donors (Lipinski definition) is 1. The third kappa shape index (κ3) is 3.33. The molecule has 1 aliphatic rings. The lowest BCUT2D eigenvalue weighted by atomic mass is 10.1. The summed E-state index contributed by atoms with van der Waals surface area (Å²) in [6, 6.07) is 4.42. The van der Waals surface area contributed by atoms with E-state index >= 15 is 0 Å². The molecule has 114 valence electrons. The van der Waals surface area contributed by atoms with Gasteiger partial charge < -0.3 is 10.3 Å². The van der Waals surface area contributed by atoms with Gasteiger partial charge in [0.05, 0.1) is 5.25 Å². The number of nitrogens with two attached hydrogens (primary N) is 1. The van der Waals surface area contributed by atoms with E-state index in [0.717, 1.165) is 30.4 Å². The topological polar surface area (TPSA) is 56.7 Å². The first-order chi connectivity index (χ1) is 10.3. The zero-order valence-electron chi connectivity index (χ0n) is 12.4. The van der Waals surface area contributed by atoms with Gasteiger partial charge in [-0.25, -0.2) is 0 Å². The summed E-state index contributed by atoms with van der Waals surface area (Å²) in [4.78, 5) is 1.33. The van der Waals surface area contributed by atoms with Crippen LogP contribution in [0.2, 0.25) is 0 Å². The highest BCUT2D eigenvalue weighted by Gasteiger charge is 2.25. The van der Waals surface area contributed by atoms with Crippen LogP contribution in [-0.4, -0.2) is 20.8 Å². The zero-order chi connectivity index (χ0) is 14.7. The van der Waals surface area contributed by atoms with Gasteiger partial charge in [-0.1, -0.05) is 31.2 Å². The van der Waals surface area contributed by atoms with Crippen molar-refractivity contribution >= 4 is 23.1 Å². The van der Waals surface area contributed by atoms with Crippen molar-refractivity contribution in [1.82, 2.24) is 14.8 Å². The van der Waals surface area contributed by atoms with Gasteiger partial charge in [0.2, 0.25) is 0 Å². The molecule has 2 N–H and O–H groups in total. The van der Waals surface area contributed by atoms with E-state index in [9.17, 15) is 0 Å². The van der Waals surface area contributed by atoms with E-state index < -0.39 is 0 Å². The van der Waals surface area contributed by atoms with E-state index in [1.165, 1.54) is 24.1 Å². The smallest absolute Gasteiger partial charge is 0.191 e. The van der Waals surface area contributed by atoms with Crippen molar-refractivity contribution in [2.45, 2.75) is 62.0 Å². The molecule has 0 fully saturated rings. The first-order valence-electron chi connectivity index (χ1n) is 7.67. The van der Waals surface area contributed by atoms with Gasteiger partial charge in [-0.15, -0.1) is 21.5 Å². The van der Waals surface area contributed by atoms with Crippen molar-refractivity contribution in [3.05, 3.63) is 28.2 Å². The molecule has 6 heteroatoms. The third-order valence-electron chi connectivity index (χ3n) is 3.99. The molecule has 0 saturated heterocycles. The summed E-state index contributed by atoms with van der Waals surface area (Å²) in [7, 11) is 0. The predicted octanol–water partition coefficient (Wildman–Crippen LogP) is 3.64. The molecule has 2 aromatic rings. The van der Waals surface area contributed by atoms with Crippen molar-refractivity contribution in [2.24, 2.45) is 5.73 Å².